The Labute approximate surface area is 108 Å². The van der Waals surface area contributed by atoms with Gasteiger partial charge in [0.2, 0.25) is 0 Å². The number of aliphatic hydroxyl groups is 1. The van der Waals surface area contributed by atoms with Gasteiger partial charge in [0.05, 0.1) is 6.10 Å². The van der Waals surface area contributed by atoms with Gasteiger partial charge in [-0.3, -0.25) is 4.90 Å². The molecule has 1 N–H and O–H groups in total. The van der Waals surface area contributed by atoms with Gasteiger partial charge in [0, 0.05) is 30.6 Å². The lowest BCUT2D eigenvalue weighted by Crippen LogP contribution is -2.39. The third-order valence-electron chi connectivity index (χ3n) is 3.26. The molecule has 0 aromatic heterocycles. The number of thioether (sulfide) groups is 1. The summed E-state index contributed by atoms with van der Waals surface area (Å²) in [5.41, 5.74) is 1.41. The van der Waals surface area contributed by atoms with Crippen molar-refractivity contribution in [2.24, 2.45) is 0 Å². The fraction of sp³-hybridized carbons (Fsp3) is 0.571. The van der Waals surface area contributed by atoms with E-state index in [1.165, 1.54) is 5.56 Å². The Morgan fingerprint density at radius 3 is 2.88 bits per heavy atom. The number of hydrogen-bond acceptors (Lipinski definition) is 3. The summed E-state index contributed by atoms with van der Waals surface area (Å²) in [7, 11) is 0. The van der Waals surface area contributed by atoms with Gasteiger partial charge in [0.25, 0.3) is 0 Å². The maximum absolute atomic E-state index is 9.72. The van der Waals surface area contributed by atoms with E-state index in [1.54, 1.807) is 0 Å². The van der Waals surface area contributed by atoms with Crippen LogP contribution in [0.5, 0.6) is 0 Å². The number of benzene rings is 1. The molecule has 1 aliphatic heterocycles. The molecule has 0 radical (unpaired) electrons. The molecular weight excluding hydrogens is 230 g/mol. The molecule has 1 saturated heterocycles. The first kappa shape index (κ1) is 12.9. The van der Waals surface area contributed by atoms with Crippen LogP contribution in [-0.2, 0) is 0 Å². The number of hydrogen-bond donors (Lipinski definition) is 1. The maximum Gasteiger partial charge on any atom is 0.0664 e. The van der Waals surface area contributed by atoms with E-state index in [0.717, 1.165) is 31.8 Å². The van der Waals surface area contributed by atoms with Crippen molar-refractivity contribution in [2.75, 3.05) is 25.4 Å². The highest BCUT2D eigenvalue weighted by atomic mass is 32.2. The zero-order valence-electron chi connectivity index (χ0n) is 10.4. The highest BCUT2D eigenvalue weighted by Crippen LogP contribution is 2.32. The Kier molecular flexibility index (Phi) is 4.89. The monoisotopic (exact) mass is 251 g/mol. The average Bonchev–Trinajstić information content (AvgIpc) is 2.40. The summed E-state index contributed by atoms with van der Waals surface area (Å²) < 4.78 is 0. The predicted octanol–water partition coefficient (Wildman–Crippen LogP) is 2.55. The largest absolute Gasteiger partial charge is 0.392 e. The van der Waals surface area contributed by atoms with Crippen LogP contribution in [0.1, 0.15) is 24.2 Å². The van der Waals surface area contributed by atoms with Crippen molar-refractivity contribution in [1.82, 2.24) is 4.90 Å². The Hall–Kier alpha value is -0.510. The number of β-amino-alcohol motifs (C(OH)–C–C–N with tert-alkyl or cyclic N) is 1. The molecule has 2 rings (SSSR count). The lowest BCUT2D eigenvalue weighted by atomic mass is 10.1. The van der Waals surface area contributed by atoms with E-state index in [1.807, 2.05) is 18.7 Å². The lowest BCUT2D eigenvalue weighted by Gasteiger charge is -2.33. The lowest BCUT2D eigenvalue weighted by molar-refractivity contribution is 0.111. The van der Waals surface area contributed by atoms with Crippen LogP contribution in [-0.4, -0.2) is 41.5 Å². The maximum atomic E-state index is 9.72. The van der Waals surface area contributed by atoms with Crippen LogP contribution >= 0.6 is 11.8 Å². The van der Waals surface area contributed by atoms with Gasteiger partial charge in [-0.1, -0.05) is 37.3 Å². The summed E-state index contributed by atoms with van der Waals surface area (Å²) >= 11 is 2.03. The quantitative estimate of drug-likeness (QED) is 0.889. The van der Waals surface area contributed by atoms with Crippen LogP contribution < -0.4 is 0 Å². The summed E-state index contributed by atoms with van der Waals surface area (Å²) in [6, 6.07) is 10.7. The van der Waals surface area contributed by atoms with Crippen molar-refractivity contribution in [1.29, 1.82) is 0 Å². The molecule has 1 heterocycles. The molecule has 3 heteroatoms. The summed E-state index contributed by atoms with van der Waals surface area (Å²) in [4.78, 5) is 2.39. The molecule has 2 nitrogen and oxygen atoms in total. The fourth-order valence-electron chi connectivity index (χ4n) is 2.16. The molecule has 1 aromatic rings. The average molecular weight is 251 g/mol. The third-order valence-corrected chi connectivity index (χ3v) is 4.50. The van der Waals surface area contributed by atoms with E-state index in [2.05, 4.69) is 35.2 Å². The second-order valence-corrected chi connectivity index (χ2v) is 5.90. The van der Waals surface area contributed by atoms with Crippen molar-refractivity contribution in [3.8, 4) is 0 Å². The van der Waals surface area contributed by atoms with Crippen molar-refractivity contribution in [3.05, 3.63) is 35.9 Å². The number of aliphatic hydroxyl groups excluding tert-OH is 1. The predicted molar refractivity (Wildman–Crippen MR) is 74.4 cm³/mol. The van der Waals surface area contributed by atoms with Gasteiger partial charge in [-0.25, -0.2) is 0 Å². The van der Waals surface area contributed by atoms with Gasteiger partial charge in [0.15, 0.2) is 0 Å². The van der Waals surface area contributed by atoms with E-state index in [9.17, 15) is 5.11 Å². The van der Waals surface area contributed by atoms with Gasteiger partial charge in [-0.2, -0.15) is 11.8 Å². The first-order chi connectivity index (χ1) is 8.29. The van der Waals surface area contributed by atoms with E-state index < -0.39 is 0 Å². The summed E-state index contributed by atoms with van der Waals surface area (Å²) in [6.07, 6.45) is 0.675. The van der Waals surface area contributed by atoms with E-state index in [-0.39, 0.29) is 6.10 Å². The molecule has 0 bridgehead atoms. The molecule has 0 spiro atoms. The Morgan fingerprint density at radius 1 is 1.41 bits per heavy atom. The molecule has 1 aliphatic rings. The minimum Gasteiger partial charge on any atom is -0.392 e. The highest BCUT2D eigenvalue weighted by molar-refractivity contribution is 7.99. The van der Waals surface area contributed by atoms with E-state index in [0.29, 0.717) is 5.25 Å². The van der Waals surface area contributed by atoms with E-state index in [4.69, 9.17) is 0 Å². The van der Waals surface area contributed by atoms with Crippen LogP contribution in [0.3, 0.4) is 0 Å². The van der Waals surface area contributed by atoms with Crippen molar-refractivity contribution >= 4 is 11.8 Å². The normalized spacial score (nSPS) is 23.5. The first-order valence-corrected chi connectivity index (χ1v) is 7.41. The second-order valence-electron chi connectivity index (χ2n) is 4.59. The Bertz CT molecular complexity index is 330. The number of rotatable bonds is 4. The standard InChI is InChI=1S/C14H21NOS/c1-2-13(16)10-15-8-9-17-14(11-15)12-6-4-3-5-7-12/h3-7,13-14,16H,2,8-11H2,1H3/t13-,14+/m0/s1. The first-order valence-electron chi connectivity index (χ1n) is 6.36. The smallest absolute Gasteiger partial charge is 0.0664 e. The SMILES string of the molecule is CC[C@H](O)CN1CCS[C@@H](c2ccccc2)C1. The second kappa shape index (κ2) is 6.43. The van der Waals surface area contributed by atoms with Crippen LogP contribution in [0.25, 0.3) is 0 Å². The third kappa shape index (κ3) is 3.73. The Balaban J connectivity index is 1.93. The molecule has 0 aliphatic carbocycles. The zero-order chi connectivity index (χ0) is 12.1. The highest BCUT2D eigenvalue weighted by Gasteiger charge is 2.22. The van der Waals surface area contributed by atoms with E-state index >= 15 is 0 Å². The van der Waals surface area contributed by atoms with Gasteiger partial charge >= 0.3 is 0 Å². The molecule has 94 valence electrons. The van der Waals surface area contributed by atoms with Crippen LogP contribution in [0, 0.1) is 0 Å². The molecular formula is C14H21NOS. The van der Waals surface area contributed by atoms with Crippen molar-refractivity contribution in [3.63, 3.8) is 0 Å². The number of nitrogens with zero attached hydrogens (tertiary/aromatic N) is 1. The van der Waals surface area contributed by atoms with Crippen LogP contribution in [0.4, 0.5) is 0 Å². The molecule has 0 amide bonds. The zero-order valence-corrected chi connectivity index (χ0v) is 11.2. The van der Waals surface area contributed by atoms with Crippen molar-refractivity contribution < 1.29 is 5.11 Å². The van der Waals surface area contributed by atoms with Crippen LogP contribution in [0.2, 0.25) is 0 Å². The van der Waals surface area contributed by atoms with Gasteiger partial charge < -0.3 is 5.11 Å². The van der Waals surface area contributed by atoms with Crippen LogP contribution in [0.15, 0.2) is 30.3 Å². The fourth-order valence-corrected chi connectivity index (χ4v) is 3.48. The summed E-state index contributed by atoms with van der Waals surface area (Å²) in [6.45, 7) is 5.02. The molecule has 1 fully saturated rings. The topological polar surface area (TPSA) is 23.5 Å². The van der Waals surface area contributed by atoms with Crippen molar-refractivity contribution in [2.45, 2.75) is 24.7 Å². The van der Waals surface area contributed by atoms with Gasteiger partial charge in [-0.15, -0.1) is 0 Å². The minimum absolute atomic E-state index is 0.172. The Morgan fingerprint density at radius 2 is 2.18 bits per heavy atom. The molecule has 17 heavy (non-hydrogen) atoms. The summed E-state index contributed by atoms with van der Waals surface area (Å²) in [5, 5.41) is 10.3. The molecule has 0 unspecified atom stereocenters. The van der Waals surface area contributed by atoms with Gasteiger partial charge in [0.1, 0.15) is 0 Å². The minimum atomic E-state index is -0.172. The molecule has 2 atom stereocenters. The van der Waals surface area contributed by atoms with Gasteiger partial charge in [-0.05, 0) is 12.0 Å². The summed E-state index contributed by atoms with van der Waals surface area (Å²) in [5.74, 6) is 1.16. The molecule has 0 saturated carbocycles. The molecule has 1 aromatic carbocycles.